The second kappa shape index (κ2) is 7.38. The molecule has 0 amide bonds. The quantitative estimate of drug-likeness (QED) is 0.365. The molecule has 0 aliphatic heterocycles. The lowest BCUT2D eigenvalue weighted by molar-refractivity contribution is -0.528. The van der Waals surface area contributed by atoms with Crippen LogP contribution < -0.4 is 0 Å². The van der Waals surface area contributed by atoms with Gasteiger partial charge in [-0.3, -0.25) is 0 Å². The summed E-state index contributed by atoms with van der Waals surface area (Å²) in [6.07, 6.45) is 2.70. The van der Waals surface area contributed by atoms with Gasteiger partial charge in [0, 0.05) is 12.8 Å². The van der Waals surface area contributed by atoms with Gasteiger partial charge < -0.3 is 0 Å². The fraction of sp³-hybridized carbons (Fsp3) is 1.00. The summed E-state index contributed by atoms with van der Waals surface area (Å²) in [5.41, 5.74) is 0.223. The van der Waals surface area contributed by atoms with Crippen molar-refractivity contribution in [1.82, 2.24) is 0 Å². The van der Waals surface area contributed by atoms with Crippen LogP contribution in [-0.2, 0) is 19.6 Å². The Bertz CT molecular complexity index is 343. The van der Waals surface area contributed by atoms with E-state index < -0.39 is 5.79 Å². The van der Waals surface area contributed by atoms with Crippen LogP contribution in [0.15, 0.2) is 0 Å². The summed E-state index contributed by atoms with van der Waals surface area (Å²) < 4.78 is 0. The van der Waals surface area contributed by atoms with Crippen molar-refractivity contribution in [2.75, 3.05) is 13.2 Å². The molecule has 0 radical (unpaired) electrons. The molecule has 23 heavy (non-hydrogen) atoms. The zero-order chi connectivity index (χ0) is 17.9. The molecule has 0 spiro atoms. The molecule has 138 valence electrons. The van der Waals surface area contributed by atoms with Crippen molar-refractivity contribution >= 4 is 0 Å². The summed E-state index contributed by atoms with van der Waals surface area (Å²) in [6.45, 7) is 20.5. The topological polar surface area (TPSA) is 36.9 Å². The zero-order valence-corrected chi connectivity index (χ0v) is 16.7. The van der Waals surface area contributed by atoms with Gasteiger partial charge in [-0.15, -0.1) is 0 Å². The van der Waals surface area contributed by atoms with Crippen LogP contribution in [0, 0.1) is 22.2 Å². The molecular formula is C19H38O4. The van der Waals surface area contributed by atoms with Gasteiger partial charge in [0.1, 0.15) is 0 Å². The van der Waals surface area contributed by atoms with Crippen LogP contribution in [0.1, 0.15) is 81.6 Å². The van der Waals surface area contributed by atoms with Crippen molar-refractivity contribution in [2.45, 2.75) is 87.4 Å². The van der Waals surface area contributed by atoms with Crippen molar-refractivity contribution in [3.05, 3.63) is 0 Å². The molecule has 0 bridgehead atoms. The molecule has 1 aliphatic carbocycles. The Labute approximate surface area is 143 Å². The predicted molar refractivity (Wildman–Crippen MR) is 92.5 cm³/mol. The highest BCUT2D eigenvalue weighted by atomic mass is 17.3. The molecule has 0 N–H and O–H groups in total. The first kappa shape index (κ1) is 20.9. The maximum Gasteiger partial charge on any atom is 0.234 e. The summed E-state index contributed by atoms with van der Waals surface area (Å²) in [5, 5.41) is 0. The monoisotopic (exact) mass is 330 g/mol. The molecule has 1 rings (SSSR count). The highest BCUT2D eigenvalue weighted by Crippen LogP contribution is 2.46. The lowest BCUT2D eigenvalue weighted by atomic mass is 9.70. The van der Waals surface area contributed by atoms with Crippen LogP contribution in [-0.4, -0.2) is 19.0 Å². The first-order chi connectivity index (χ1) is 10.2. The third-order valence-electron chi connectivity index (χ3n) is 3.71. The summed E-state index contributed by atoms with van der Waals surface area (Å²) >= 11 is 0. The lowest BCUT2D eigenvalue weighted by Crippen LogP contribution is -2.47. The third kappa shape index (κ3) is 8.48. The molecule has 1 fully saturated rings. The molecule has 0 heterocycles. The minimum Gasteiger partial charge on any atom is -0.233 e. The number of rotatable bonds is 6. The molecule has 0 aromatic rings. The average molecular weight is 331 g/mol. The third-order valence-corrected chi connectivity index (χ3v) is 3.71. The van der Waals surface area contributed by atoms with E-state index in [0.29, 0.717) is 19.1 Å². The number of hydrogen-bond donors (Lipinski definition) is 0. The van der Waals surface area contributed by atoms with E-state index in [4.69, 9.17) is 19.6 Å². The Morgan fingerprint density at radius 3 is 1.61 bits per heavy atom. The van der Waals surface area contributed by atoms with E-state index in [1.54, 1.807) is 0 Å². The Kier molecular flexibility index (Phi) is 6.70. The summed E-state index contributed by atoms with van der Waals surface area (Å²) in [5.74, 6) is -0.326. The first-order valence-corrected chi connectivity index (χ1v) is 8.83. The fourth-order valence-electron chi connectivity index (χ4n) is 3.19. The van der Waals surface area contributed by atoms with Crippen molar-refractivity contribution in [3.8, 4) is 0 Å². The minimum absolute atomic E-state index is 0.0449. The summed E-state index contributed by atoms with van der Waals surface area (Å²) in [7, 11) is 0. The Balaban J connectivity index is 2.74. The van der Waals surface area contributed by atoms with Gasteiger partial charge in [0.2, 0.25) is 5.79 Å². The van der Waals surface area contributed by atoms with E-state index in [1.807, 2.05) is 0 Å². The van der Waals surface area contributed by atoms with Gasteiger partial charge in [-0.25, -0.2) is 9.78 Å². The Morgan fingerprint density at radius 2 is 1.26 bits per heavy atom. The maximum atomic E-state index is 5.82. The molecule has 1 saturated carbocycles. The first-order valence-electron chi connectivity index (χ1n) is 8.83. The second-order valence-corrected chi connectivity index (χ2v) is 10.6. The van der Waals surface area contributed by atoms with E-state index >= 15 is 0 Å². The summed E-state index contributed by atoms with van der Waals surface area (Å²) in [4.78, 5) is 22.8. The van der Waals surface area contributed by atoms with Gasteiger partial charge in [-0.05, 0) is 28.6 Å². The van der Waals surface area contributed by atoms with Crippen LogP contribution in [0.5, 0.6) is 0 Å². The van der Waals surface area contributed by atoms with Gasteiger partial charge >= 0.3 is 0 Å². The minimum atomic E-state index is -0.822. The van der Waals surface area contributed by atoms with E-state index in [0.717, 1.165) is 19.3 Å². The van der Waals surface area contributed by atoms with Crippen LogP contribution in [0.2, 0.25) is 0 Å². The van der Waals surface area contributed by atoms with Crippen LogP contribution >= 0.6 is 0 Å². The molecule has 0 aromatic heterocycles. The van der Waals surface area contributed by atoms with Gasteiger partial charge in [0.15, 0.2) is 0 Å². The molecule has 0 aromatic carbocycles. The van der Waals surface area contributed by atoms with E-state index in [2.05, 4.69) is 62.3 Å². The van der Waals surface area contributed by atoms with E-state index in [-0.39, 0.29) is 16.2 Å². The molecule has 1 atom stereocenters. The SMILES string of the molecule is CC1CC(C)(C)CC(OOCC(C)(C)C)(OOCC(C)(C)C)C1. The molecule has 1 aliphatic rings. The molecule has 1 unspecified atom stereocenters. The number of hydrogen-bond acceptors (Lipinski definition) is 4. The normalized spacial score (nSPS) is 24.7. The van der Waals surface area contributed by atoms with Gasteiger partial charge in [0.05, 0.1) is 13.2 Å². The van der Waals surface area contributed by atoms with Crippen molar-refractivity contribution in [1.29, 1.82) is 0 Å². The van der Waals surface area contributed by atoms with Crippen LogP contribution in [0.25, 0.3) is 0 Å². The van der Waals surface area contributed by atoms with E-state index in [9.17, 15) is 0 Å². The smallest absolute Gasteiger partial charge is 0.233 e. The van der Waals surface area contributed by atoms with Crippen molar-refractivity contribution < 1.29 is 19.6 Å². The van der Waals surface area contributed by atoms with Crippen LogP contribution in [0.4, 0.5) is 0 Å². The molecule has 4 heteroatoms. The maximum absolute atomic E-state index is 5.82. The second-order valence-electron chi connectivity index (χ2n) is 10.6. The highest BCUT2D eigenvalue weighted by Gasteiger charge is 2.47. The fourth-order valence-corrected chi connectivity index (χ4v) is 3.19. The van der Waals surface area contributed by atoms with Crippen LogP contribution in [0.3, 0.4) is 0 Å². The van der Waals surface area contributed by atoms with Crippen molar-refractivity contribution in [3.63, 3.8) is 0 Å². The highest BCUT2D eigenvalue weighted by molar-refractivity contribution is 4.88. The van der Waals surface area contributed by atoms with Gasteiger partial charge in [-0.2, -0.15) is 9.78 Å². The standard InChI is InChI=1S/C19H38O4/c1-15-10-18(8,9)12-19(11-15,22-20-13-16(2,3)4)23-21-14-17(5,6)7/h15H,10-14H2,1-9H3. The molecular weight excluding hydrogens is 292 g/mol. The van der Waals surface area contributed by atoms with Gasteiger partial charge in [0.25, 0.3) is 0 Å². The molecule has 4 nitrogen and oxygen atoms in total. The zero-order valence-electron chi connectivity index (χ0n) is 16.7. The Hall–Kier alpha value is -0.160. The lowest BCUT2D eigenvalue weighted by Gasteiger charge is -2.45. The average Bonchev–Trinajstić information content (AvgIpc) is 2.21. The molecule has 0 saturated heterocycles. The summed E-state index contributed by atoms with van der Waals surface area (Å²) in [6, 6.07) is 0. The van der Waals surface area contributed by atoms with Gasteiger partial charge in [-0.1, -0.05) is 62.3 Å². The largest absolute Gasteiger partial charge is 0.234 e. The van der Waals surface area contributed by atoms with E-state index in [1.165, 1.54) is 0 Å². The predicted octanol–water partition coefficient (Wildman–Crippen LogP) is 5.52. The Morgan fingerprint density at radius 1 is 0.826 bits per heavy atom. The van der Waals surface area contributed by atoms with Crippen molar-refractivity contribution in [2.24, 2.45) is 22.2 Å².